The van der Waals surface area contributed by atoms with E-state index < -0.39 is 0 Å². The molecule has 0 atom stereocenters. The van der Waals surface area contributed by atoms with Crippen LogP contribution in [0.25, 0.3) is 11.1 Å². The number of nitrogens with zero attached hydrogens (tertiary/aromatic N) is 2. The van der Waals surface area contributed by atoms with Crippen LogP contribution in [0.4, 0.5) is 11.4 Å². The van der Waals surface area contributed by atoms with Gasteiger partial charge in [-0.3, -0.25) is 9.98 Å². The maximum atomic E-state index is 5.18. The molecule has 47 heavy (non-hydrogen) atoms. The van der Waals surface area contributed by atoms with Crippen LogP contribution in [-0.4, -0.2) is 11.9 Å². The van der Waals surface area contributed by atoms with E-state index >= 15 is 0 Å². The molecule has 3 rings (SSSR count). The molecule has 0 aliphatic carbocycles. The molecule has 0 unspecified atom stereocenters. The number of hydrogen-bond acceptors (Lipinski definition) is 2. The zero-order chi connectivity index (χ0) is 33.6. The molecule has 0 N–H and O–H groups in total. The van der Waals surface area contributed by atoms with E-state index in [1.165, 1.54) is 117 Å². The summed E-state index contributed by atoms with van der Waals surface area (Å²) in [7, 11) is 0. The second-order valence-corrected chi connectivity index (χ2v) is 12.7. The second-order valence-electron chi connectivity index (χ2n) is 12.7. The van der Waals surface area contributed by atoms with E-state index in [0.717, 1.165) is 36.3 Å². The topological polar surface area (TPSA) is 24.7 Å². The zero-order valence-electron chi connectivity index (χ0n) is 30.7. The number of aliphatic imine (C=N–C) groups is 2. The van der Waals surface area contributed by atoms with E-state index in [1.807, 2.05) is 6.21 Å². The van der Waals surface area contributed by atoms with Gasteiger partial charge in [0.2, 0.25) is 0 Å². The summed E-state index contributed by atoms with van der Waals surface area (Å²) >= 11 is 6.25. The molecule has 3 aromatic rings. The normalized spacial score (nSPS) is 11.4. The third-order valence-corrected chi connectivity index (χ3v) is 9.01. The Morgan fingerprint density at radius 3 is 1.87 bits per heavy atom. The summed E-state index contributed by atoms with van der Waals surface area (Å²) in [5.74, 6) is 0. The molecule has 0 aliphatic rings. The first-order valence-corrected chi connectivity index (χ1v) is 20.5. The van der Waals surface area contributed by atoms with Gasteiger partial charge < -0.3 is 7.43 Å². The fourth-order valence-corrected chi connectivity index (χ4v) is 6.23. The van der Waals surface area contributed by atoms with Gasteiger partial charge in [-0.1, -0.05) is 116 Å². The van der Waals surface area contributed by atoms with Crippen LogP contribution < -0.4 is 0 Å². The molecule has 4 heteroatoms. The Hall–Kier alpha value is -2.03. The number of rotatable bonds is 20. The Morgan fingerprint density at radius 2 is 1.23 bits per heavy atom. The molecule has 263 valence electrons. The van der Waals surface area contributed by atoms with Crippen molar-refractivity contribution in [2.24, 2.45) is 9.98 Å². The van der Waals surface area contributed by atoms with Crippen molar-refractivity contribution in [3.8, 4) is 11.1 Å². The first-order chi connectivity index (χ1) is 22.5. The summed E-state index contributed by atoms with van der Waals surface area (Å²) < 4.78 is 0. The molecule has 0 radical (unpaired) electrons. The summed E-state index contributed by atoms with van der Waals surface area (Å²) in [5, 5.41) is 0. The molecule has 0 fully saturated rings. The predicted octanol–water partition coefficient (Wildman–Crippen LogP) is 14.5. The number of halogens is 1. The van der Waals surface area contributed by atoms with Gasteiger partial charge in [0.25, 0.3) is 0 Å². The van der Waals surface area contributed by atoms with Gasteiger partial charge in [-0.15, -0.1) is 0 Å². The minimum atomic E-state index is 0. The summed E-state index contributed by atoms with van der Waals surface area (Å²) in [6.07, 6.45) is 21.9. The minimum absolute atomic E-state index is 0. The van der Waals surface area contributed by atoms with Crippen molar-refractivity contribution in [3.63, 3.8) is 0 Å². The average Bonchev–Trinajstić information content (AvgIpc) is 3.08. The molecule has 0 bridgehead atoms. The van der Waals surface area contributed by atoms with Crippen molar-refractivity contribution in [1.82, 2.24) is 0 Å². The van der Waals surface area contributed by atoms with Gasteiger partial charge in [0.05, 0.1) is 17.1 Å². The number of unbranched alkanes of at least 4 members (excludes halogenated alkanes) is 9. The molecule has 0 saturated carbocycles. The second kappa shape index (κ2) is 25.9. The number of aryl methyl sites for hydroxylation is 3. The SMILES string of the molecule is CCCCCCCCc1cc(N=CC(CC)=Nc2cc(CCCCCC)c(C)c(-c3ccccc3)c2)cc(C)c1CCCC.[CH3-].[Ni][Br]. The molecule has 0 aromatic heterocycles. The van der Waals surface area contributed by atoms with Crippen molar-refractivity contribution >= 4 is 37.5 Å². The molecule has 0 heterocycles. The first-order valence-electron chi connectivity index (χ1n) is 18.0. The fraction of sp³-hybridized carbons (Fsp3) is 0.512. The van der Waals surface area contributed by atoms with Crippen molar-refractivity contribution < 1.29 is 13.7 Å². The summed E-state index contributed by atoms with van der Waals surface area (Å²) in [6, 6.07) is 20.0. The Balaban J connectivity index is 0.00000361. The summed E-state index contributed by atoms with van der Waals surface area (Å²) in [5.41, 5.74) is 13.0. The Morgan fingerprint density at radius 1 is 0.660 bits per heavy atom. The van der Waals surface area contributed by atoms with Crippen molar-refractivity contribution in [3.05, 3.63) is 89.8 Å². The van der Waals surface area contributed by atoms with Crippen LogP contribution in [0.5, 0.6) is 0 Å². The van der Waals surface area contributed by atoms with E-state index in [9.17, 15) is 0 Å². The first kappa shape index (κ1) is 43.0. The van der Waals surface area contributed by atoms with Crippen LogP contribution in [0.1, 0.15) is 139 Å². The molecular formula is C43H63BrN2Ni-. The standard InChI is InChI=1S/C42H60N2.CH3.BrH.Ni/c1-7-11-14-16-17-20-26-37-30-39(28-33(5)41(37)27-13-9-3)43-32-38(10-4)44-40-29-36(25-19-15-12-8-2)34(6)42(31-40)35-23-21-18-22-24-35;;;/h18,21-24,28-32H,7-17,19-20,25-27H2,1-6H3;1H3;1H;/q;-1;;+1/p-1. The third-order valence-electron chi connectivity index (χ3n) is 9.01. The van der Waals surface area contributed by atoms with Crippen molar-refractivity contribution in [1.29, 1.82) is 0 Å². The van der Waals surface area contributed by atoms with Gasteiger partial charge in [0, 0.05) is 6.21 Å². The van der Waals surface area contributed by atoms with E-state index in [4.69, 9.17) is 9.98 Å². The summed E-state index contributed by atoms with van der Waals surface area (Å²) in [4.78, 5) is 10.2. The van der Waals surface area contributed by atoms with E-state index in [1.54, 1.807) is 5.56 Å². The number of hydrogen-bond donors (Lipinski definition) is 0. The van der Waals surface area contributed by atoms with Gasteiger partial charge in [-0.05, 0) is 122 Å². The average molecular weight is 747 g/mol. The molecule has 3 aromatic carbocycles. The van der Waals surface area contributed by atoms with Gasteiger partial charge in [0.15, 0.2) is 0 Å². The Bertz CT molecular complexity index is 1330. The van der Waals surface area contributed by atoms with Crippen molar-refractivity contribution in [2.45, 2.75) is 144 Å². The summed E-state index contributed by atoms with van der Waals surface area (Å²) in [6.45, 7) is 13.6. The Kier molecular flexibility index (Phi) is 23.7. The van der Waals surface area contributed by atoms with Crippen LogP contribution >= 0.6 is 14.2 Å². The molecular weight excluding hydrogens is 683 g/mol. The van der Waals surface area contributed by atoms with Gasteiger partial charge in [-0.25, -0.2) is 0 Å². The van der Waals surface area contributed by atoms with Crippen LogP contribution in [-0.2, 0) is 33.0 Å². The predicted molar refractivity (Wildman–Crippen MR) is 212 cm³/mol. The van der Waals surface area contributed by atoms with Gasteiger partial charge in [-0.2, -0.15) is 0 Å². The Labute approximate surface area is 304 Å². The van der Waals surface area contributed by atoms with Crippen molar-refractivity contribution in [2.75, 3.05) is 0 Å². The molecule has 2 nitrogen and oxygen atoms in total. The van der Waals surface area contributed by atoms with Gasteiger partial charge >= 0.3 is 27.9 Å². The molecule has 0 aliphatic heterocycles. The van der Waals surface area contributed by atoms with Crippen LogP contribution in [0.2, 0.25) is 0 Å². The number of benzene rings is 3. The monoisotopic (exact) mass is 744 g/mol. The quantitative estimate of drug-likeness (QED) is 0.0476. The van der Waals surface area contributed by atoms with Crippen LogP contribution in [0, 0.1) is 21.3 Å². The fourth-order valence-electron chi connectivity index (χ4n) is 6.23. The maximum absolute atomic E-state index is 5.18. The molecule has 0 spiro atoms. The third kappa shape index (κ3) is 15.4. The van der Waals surface area contributed by atoms with Crippen LogP contribution in [0.15, 0.2) is 64.6 Å². The zero-order valence-corrected chi connectivity index (χ0v) is 33.2. The van der Waals surface area contributed by atoms with Crippen LogP contribution in [0.3, 0.4) is 0 Å². The van der Waals surface area contributed by atoms with E-state index in [0.29, 0.717) is 0 Å². The molecule has 0 amide bonds. The van der Waals surface area contributed by atoms with E-state index in [-0.39, 0.29) is 7.43 Å². The molecule has 0 saturated heterocycles. The van der Waals surface area contributed by atoms with Gasteiger partial charge in [0.1, 0.15) is 0 Å². The van der Waals surface area contributed by atoms with E-state index in [2.05, 4.69) is 124 Å².